The van der Waals surface area contributed by atoms with Crippen LogP contribution in [0.15, 0.2) is 0 Å². The van der Waals surface area contributed by atoms with E-state index in [1.807, 2.05) is 0 Å². The van der Waals surface area contributed by atoms with Gasteiger partial charge in [-0.05, 0) is 10.8 Å². The zero-order valence-corrected chi connectivity index (χ0v) is 6.56. The normalized spacial score (nSPS) is 29.8. The highest BCUT2D eigenvalue weighted by Gasteiger charge is 2.64. The molecule has 0 aromatic heterocycles. The first-order chi connectivity index (χ1) is 3.94. The van der Waals surface area contributed by atoms with Crippen molar-refractivity contribution in [3.63, 3.8) is 0 Å². The van der Waals surface area contributed by atoms with Crippen LogP contribution in [-0.2, 0) is 4.79 Å². The lowest BCUT2D eigenvalue weighted by molar-refractivity contribution is -0.109. The van der Waals surface area contributed by atoms with Crippen LogP contribution in [0.3, 0.4) is 0 Å². The minimum absolute atomic E-state index is 0.245. The topological polar surface area (TPSA) is 17.1 Å². The molecule has 0 aliphatic heterocycles. The predicted molar refractivity (Wildman–Crippen MR) is 37.1 cm³/mol. The first kappa shape index (κ1) is 6.79. The maximum atomic E-state index is 10.4. The second kappa shape index (κ2) is 1.39. The van der Waals surface area contributed by atoms with E-state index in [1.165, 1.54) is 0 Å². The van der Waals surface area contributed by atoms with Crippen LogP contribution < -0.4 is 0 Å². The van der Waals surface area contributed by atoms with E-state index in [9.17, 15) is 4.79 Å². The lowest BCUT2D eigenvalue weighted by atomic mass is 10.0. The molecule has 0 radical (unpaired) electrons. The van der Waals surface area contributed by atoms with Gasteiger partial charge in [-0.1, -0.05) is 27.7 Å². The Labute approximate surface area is 56.4 Å². The maximum Gasteiger partial charge on any atom is 0.124 e. The fourth-order valence-electron chi connectivity index (χ4n) is 1.59. The Morgan fingerprint density at radius 1 is 1.11 bits per heavy atom. The first-order valence-corrected chi connectivity index (χ1v) is 3.40. The minimum Gasteiger partial charge on any atom is -0.303 e. The van der Waals surface area contributed by atoms with Crippen LogP contribution >= 0.6 is 0 Å². The number of carbonyl (C=O) groups is 1. The standard InChI is InChI=1S/C8H14O/c1-7(2)6(5-9)8(7,3)4/h5-6H,1-4H3. The van der Waals surface area contributed by atoms with E-state index >= 15 is 0 Å². The maximum absolute atomic E-state index is 10.4. The van der Waals surface area contributed by atoms with Gasteiger partial charge < -0.3 is 4.79 Å². The number of carbonyl (C=O) groups excluding carboxylic acids is 1. The summed E-state index contributed by atoms with van der Waals surface area (Å²) in [5.41, 5.74) is 0.490. The molecule has 1 aliphatic rings. The average Bonchev–Trinajstić information content (AvgIpc) is 2.00. The Balaban J connectivity index is 2.77. The van der Waals surface area contributed by atoms with Crippen molar-refractivity contribution in [3.8, 4) is 0 Å². The van der Waals surface area contributed by atoms with Crippen LogP contribution in [0.5, 0.6) is 0 Å². The summed E-state index contributed by atoms with van der Waals surface area (Å²) in [5, 5.41) is 0. The molecule has 1 rings (SSSR count). The zero-order chi connectivity index (χ0) is 7.28. The summed E-state index contributed by atoms with van der Waals surface area (Å²) in [6, 6.07) is 0. The zero-order valence-electron chi connectivity index (χ0n) is 6.56. The van der Waals surface area contributed by atoms with Gasteiger partial charge in [-0.25, -0.2) is 0 Å². The molecule has 0 atom stereocenters. The molecule has 9 heavy (non-hydrogen) atoms. The van der Waals surface area contributed by atoms with Gasteiger partial charge in [0.15, 0.2) is 0 Å². The van der Waals surface area contributed by atoms with Gasteiger partial charge in [0.25, 0.3) is 0 Å². The molecule has 0 bridgehead atoms. The van der Waals surface area contributed by atoms with E-state index in [1.54, 1.807) is 0 Å². The second-order valence-electron chi connectivity index (χ2n) is 4.06. The van der Waals surface area contributed by atoms with E-state index in [0.29, 0.717) is 0 Å². The van der Waals surface area contributed by atoms with Gasteiger partial charge in [-0.3, -0.25) is 0 Å². The molecule has 1 fully saturated rings. The Morgan fingerprint density at radius 2 is 1.44 bits per heavy atom. The summed E-state index contributed by atoms with van der Waals surface area (Å²) in [6.45, 7) is 8.58. The predicted octanol–water partition coefficient (Wildman–Crippen LogP) is 1.87. The smallest absolute Gasteiger partial charge is 0.124 e. The van der Waals surface area contributed by atoms with Gasteiger partial charge in [0.2, 0.25) is 0 Å². The highest BCUT2D eigenvalue weighted by Crippen LogP contribution is 2.67. The van der Waals surface area contributed by atoms with Crippen molar-refractivity contribution in [2.45, 2.75) is 27.7 Å². The number of hydrogen-bond donors (Lipinski definition) is 0. The Bertz CT molecular complexity index is 131. The van der Waals surface area contributed by atoms with E-state index in [2.05, 4.69) is 27.7 Å². The molecule has 0 aromatic rings. The molecule has 52 valence electrons. The van der Waals surface area contributed by atoms with Crippen molar-refractivity contribution in [3.05, 3.63) is 0 Å². The second-order valence-corrected chi connectivity index (χ2v) is 4.06. The third kappa shape index (κ3) is 0.577. The van der Waals surface area contributed by atoms with E-state index in [4.69, 9.17) is 0 Å². The fraction of sp³-hybridized carbons (Fsp3) is 0.875. The molecular formula is C8H14O. The third-order valence-electron chi connectivity index (χ3n) is 3.27. The largest absolute Gasteiger partial charge is 0.303 e. The molecule has 1 heteroatoms. The van der Waals surface area contributed by atoms with Crippen LogP contribution in [0, 0.1) is 16.7 Å². The van der Waals surface area contributed by atoms with Crippen LogP contribution in [-0.4, -0.2) is 6.29 Å². The van der Waals surface area contributed by atoms with Crippen molar-refractivity contribution >= 4 is 6.29 Å². The van der Waals surface area contributed by atoms with Gasteiger partial charge in [0.1, 0.15) is 6.29 Å². The summed E-state index contributed by atoms with van der Waals surface area (Å²) in [7, 11) is 0. The van der Waals surface area contributed by atoms with E-state index in [0.717, 1.165) is 6.29 Å². The summed E-state index contributed by atoms with van der Waals surface area (Å²) in [5.74, 6) is 0.282. The lowest BCUT2D eigenvalue weighted by Gasteiger charge is -2.03. The molecule has 0 saturated heterocycles. The number of aldehydes is 1. The van der Waals surface area contributed by atoms with E-state index < -0.39 is 0 Å². The molecule has 0 unspecified atom stereocenters. The third-order valence-corrected chi connectivity index (χ3v) is 3.27. The molecule has 0 amide bonds. The molecule has 0 aromatic carbocycles. The van der Waals surface area contributed by atoms with E-state index in [-0.39, 0.29) is 16.7 Å². The van der Waals surface area contributed by atoms with Crippen LogP contribution in [0.4, 0.5) is 0 Å². The Hall–Kier alpha value is -0.330. The number of hydrogen-bond acceptors (Lipinski definition) is 1. The highest BCUT2D eigenvalue weighted by atomic mass is 16.1. The number of rotatable bonds is 1. The Kier molecular flexibility index (Phi) is 1.05. The molecule has 0 spiro atoms. The van der Waals surface area contributed by atoms with Gasteiger partial charge in [-0.15, -0.1) is 0 Å². The van der Waals surface area contributed by atoms with Crippen molar-refractivity contribution < 1.29 is 4.79 Å². The van der Waals surface area contributed by atoms with Crippen LogP contribution in [0.1, 0.15) is 27.7 Å². The van der Waals surface area contributed by atoms with Crippen LogP contribution in [0.2, 0.25) is 0 Å². The van der Waals surface area contributed by atoms with Crippen molar-refractivity contribution in [1.82, 2.24) is 0 Å². The highest BCUT2D eigenvalue weighted by molar-refractivity contribution is 5.62. The molecular weight excluding hydrogens is 112 g/mol. The lowest BCUT2D eigenvalue weighted by Crippen LogP contribution is -1.95. The molecule has 1 aliphatic carbocycles. The van der Waals surface area contributed by atoms with Crippen molar-refractivity contribution in [2.75, 3.05) is 0 Å². The fourth-order valence-corrected chi connectivity index (χ4v) is 1.59. The summed E-state index contributed by atoms with van der Waals surface area (Å²) in [4.78, 5) is 10.4. The minimum atomic E-state index is 0.245. The summed E-state index contributed by atoms with van der Waals surface area (Å²) < 4.78 is 0. The van der Waals surface area contributed by atoms with Gasteiger partial charge in [-0.2, -0.15) is 0 Å². The average molecular weight is 126 g/mol. The van der Waals surface area contributed by atoms with Crippen LogP contribution in [0.25, 0.3) is 0 Å². The molecule has 1 saturated carbocycles. The first-order valence-electron chi connectivity index (χ1n) is 3.40. The molecule has 1 nitrogen and oxygen atoms in total. The monoisotopic (exact) mass is 126 g/mol. The Morgan fingerprint density at radius 3 is 1.44 bits per heavy atom. The molecule has 0 N–H and O–H groups in total. The SMILES string of the molecule is CC1(C)C(C=O)C1(C)C. The van der Waals surface area contributed by atoms with Gasteiger partial charge in [0.05, 0.1) is 0 Å². The van der Waals surface area contributed by atoms with Gasteiger partial charge in [0, 0.05) is 5.92 Å². The van der Waals surface area contributed by atoms with Crippen molar-refractivity contribution in [2.24, 2.45) is 16.7 Å². The van der Waals surface area contributed by atoms with Gasteiger partial charge >= 0.3 is 0 Å². The summed E-state index contributed by atoms with van der Waals surface area (Å²) >= 11 is 0. The summed E-state index contributed by atoms with van der Waals surface area (Å²) in [6.07, 6.45) is 1.08. The quantitative estimate of drug-likeness (QED) is 0.490. The van der Waals surface area contributed by atoms with Crippen molar-refractivity contribution in [1.29, 1.82) is 0 Å². The molecule has 0 heterocycles.